The lowest BCUT2D eigenvalue weighted by Crippen LogP contribution is -2.47. The largest absolute Gasteiger partial charge is 0.339 e. The number of benzene rings is 1. The molecule has 130 valence electrons. The Labute approximate surface area is 141 Å². The van der Waals surface area contributed by atoms with Gasteiger partial charge in [0, 0.05) is 31.7 Å². The third kappa shape index (κ3) is 3.74. The summed E-state index contributed by atoms with van der Waals surface area (Å²) >= 11 is 0. The molecule has 0 N–H and O–H groups in total. The molecular weight excluding hydrogens is 333 g/mol. The van der Waals surface area contributed by atoms with Crippen molar-refractivity contribution in [3.05, 3.63) is 35.1 Å². The average molecular weight is 353 g/mol. The fraction of sp³-hybridized carbons (Fsp3) is 0.500. The van der Waals surface area contributed by atoms with Crippen molar-refractivity contribution >= 4 is 15.9 Å². The van der Waals surface area contributed by atoms with Crippen LogP contribution in [0.15, 0.2) is 18.2 Å². The molecule has 1 saturated heterocycles. The minimum atomic E-state index is -3.25. The molecule has 1 amide bonds. The topological polar surface area (TPSA) is 81.5 Å². The summed E-state index contributed by atoms with van der Waals surface area (Å²) in [7, 11) is -1.68. The second-order valence-electron chi connectivity index (χ2n) is 5.75. The molecule has 24 heavy (non-hydrogen) atoms. The second-order valence-corrected chi connectivity index (χ2v) is 8.06. The van der Waals surface area contributed by atoms with Gasteiger partial charge in [-0.15, -0.1) is 0 Å². The number of likely N-dealkylation sites (tertiary alicyclic amines) is 1. The van der Waals surface area contributed by atoms with Crippen molar-refractivity contribution < 1.29 is 17.6 Å². The number of nitrogens with zero attached hydrogens (tertiary/aromatic N) is 3. The van der Waals surface area contributed by atoms with Crippen LogP contribution in [0.2, 0.25) is 0 Å². The Hall–Kier alpha value is -1.98. The summed E-state index contributed by atoms with van der Waals surface area (Å²) in [6, 6.07) is 5.31. The Bertz CT molecular complexity index is 765. The number of hydrogen-bond acceptors (Lipinski definition) is 4. The SMILES string of the molecule is CCS(=O)(=O)N(C)C1CCN(C(=O)c2ccc(F)c(C#N)c2)CC1. The van der Waals surface area contributed by atoms with Crippen molar-refractivity contribution in [2.75, 3.05) is 25.9 Å². The van der Waals surface area contributed by atoms with Crippen LogP contribution in [0.4, 0.5) is 4.39 Å². The quantitative estimate of drug-likeness (QED) is 0.823. The maximum atomic E-state index is 13.4. The van der Waals surface area contributed by atoms with Crippen molar-refractivity contribution in [3.63, 3.8) is 0 Å². The number of hydrogen-bond donors (Lipinski definition) is 0. The maximum Gasteiger partial charge on any atom is 0.253 e. The maximum absolute atomic E-state index is 13.4. The van der Waals surface area contributed by atoms with E-state index in [2.05, 4.69) is 0 Å². The van der Waals surface area contributed by atoms with Gasteiger partial charge < -0.3 is 4.90 Å². The number of piperidine rings is 1. The summed E-state index contributed by atoms with van der Waals surface area (Å²) in [5.74, 6) is -0.875. The van der Waals surface area contributed by atoms with E-state index in [1.54, 1.807) is 24.9 Å². The van der Waals surface area contributed by atoms with Crippen LogP contribution in [-0.2, 0) is 10.0 Å². The van der Waals surface area contributed by atoms with Gasteiger partial charge in [-0.05, 0) is 38.0 Å². The van der Waals surface area contributed by atoms with E-state index >= 15 is 0 Å². The Morgan fingerprint density at radius 2 is 2.04 bits per heavy atom. The lowest BCUT2D eigenvalue weighted by atomic mass is 10.0. The predicted octanol–water partition coefficient (Wildman–Crippen LogP) is 1.58. The van der Waals surface area contributed by atoms with Gasteiger partial charge in [0.1, 0.15) is 11.9 Å². The Kier molecular flexibility index (Phi) is 5.57. The summed E-state index contributed by atoms with van der Waals surface area (Å²) < 4.78 is 38.6. The first kappa shape index (κ1) is 18.4. The van der Waals surface area contributed by atoms with Crippen LogP contribution in [0.25, 0.3) is 0 Å². The van der Waals surface area contributed by atoms with Crippen LogP contribution in [0.1, 0.15) is 35.7 Å². The zero-order valence-electron chi connectivity index (χ0n) is 13.7. The minimum absolute atomic E-state index is 0.0508. The van der Waals surface area contributed by atoms with E-state index in [4.69, 9.17) is 5.26 Å². The van der Waals surface area contributed by atoms with Crippen LogP contribution < -0.4 is 0 Å². The molecule has 6 nitrogen and oxygen atoms in total. The van der Waals surface area contributed by atoms with Crippen LogP contribution in [-0.4, -0.2) is 55.5 Å². The van der Waals surface area contributed by atoms with Gasteiger partial charge in [0.05, 0.1) is 11.3 Å². The van der Waals surface area contributed by atoms with Crippen molar-refractivity contribution in [1.29, 1.82) is 5.26 Å². The molecule has 1 heterocycles. The average Bonchev–Trinajstić information content (AvgIpc) is 2.61. The zero-order valence-corrected chi connectivity index (χ0v) is 14.5. The monoisotopic (exact) mass is 353 g/mol. The van der Waals surface area contributed by atoms with Gasteiger partial charge in [-0.2, -0.15) is 5.26 Å². The lowest BCUT2D eigenvalue weighted by Gasteiger charge is -2.36. The number of rotatable bonds is 4. The van der Waals surface area contributed by atoms with E-state index in [0.717, 1.165) is 6.07 Å². The van der Waals surface area contributed by atoms with Crippen molar-refractivity contribution in [2.45, 2.75) is 25.8 Å². The van der Waals surface area contributed by atoms with E-state index in [1.807, 2.05) is 0 Å². The molecule has 0 saturated carbocycles. The molecule has 2 rings (SSSR count). The van der Waals surface area contributed by atoms with E-state index in [9.17, 15) is 17.6 Å². The van der Waals surface area contributed by atoms with E-state index in [1.165, 1.54) is 16.4 Å². The summed E-state index contributed by atoms with van der Waals surface area (Å²) in [4.78, 5) is 14.1. The molecule has 0 bridgehead atoms. The van der Waals surface area contributed by atoms with Crippen LogP contribution in [0, 0.1) is 17.1 Å². The first-order valence-electron chi connectivity index (χ1n) is 7.74. The Balaban J connectivity index is 2.05. The number of sulfonamides is 1. The molecule has 8 heteroatoms. The Morgan fingerprint density at radius 1 is 1.42 bits per heavy atom. The summed E-state index contributed by atoms with van der Waals surface area (Å²) in [5, 5.41) is 8.85. The van der Waals surface area contributed by atoms with Crippen molar-refractivity contribution in [2.24, 2.45) is 0 Å². The zero-order chi connectivity index (χ0) is 17.9. The second kappa shape index (κ2) is 7.28. The van der Waals surface area contributed by atoms with Gasteiger partial charge in [0.2, 0.25) is 10.0 Å². The highest BCUT2D eigenvalue weighted by molar-refractivity contribution is 7.89. The molecule has 1 aliphatic rings. The normalized spacial score (nSPS) is 16.2. The number of nitriles is 1. The van der Waals surface area contributed by atoms with Crippen molar-refractivity contribution in [3.8, 4) is 6.07 Å². The van der Waals surface area contributed by atoms with Crippen LogP contribution in [0.5, 0.6) is 0 Å². The molecule has 1 aromatic rings. The predicted molar refractivity (Wildman–Crippen MR) is 87.3 cm³/mol. The van der Waals surface area contributed by atoms with Gasteiger partial charge >= 0.3 is 0 Å². The highest BCUT2D eigenvalue weighted by Gasteiger charge is 2.30. The van der Waals surface area contributed by atoms with Gasteiger partial charge in [0.25, 0.3) is 5.91 Å². The molecule has 0 aromatic heterocycles. The molecule has 1 aromatic carbocycles. The highest BCUT2D eigenvalue weighted by atomic mass is 32.2. The number of carbonyl (C=O) groups is 1. The fourth-order valence-electron chi connectivity index (χ4n) is 2.79. The standard InChI is InChI=1S/C16H20FN3O3S/c1-3-24(22,23)19(2)14-6-8-20(9-7-14)16(21)12-4-5-15(17)13(10-12)11-18/h4-5,10,14H,3,6-9H2,1-2H3. The van der Waals surface area contributed by atoms with Crippen LogP contribution in [0.3, 0.4) is 0 Å². The molecular formula is C16H20FN3O3S. The van der Waals surface area contributed by atoms with Gasteiger partial charge in [-0.25, -0.2) is 17.1 Å². The highest BCUT2D eigenvalue weighted by Crippen LogP contribution is 2.20. The van der Waals surface area contributed by atoms with Gasteiger partial charge in [-0.3, -0.25) is 4.79 Å². The summed E-state index contributed by atoms with van der Waals surface area (Å²) in [5.41, 5.74) is 0.102. The minimum Gasteiger partial charge on any atom is -0.339 e. The molecule has 0 spiro atoms. The molecule has 0 radical (unpaired) electrons. The van der Waals surface area contributed by atoms with Gasteiger partial charge in [-0.1, -0.05) is 0 Å². The molecule has 1 fully saturated rings. The van der Waals surface area contributed by atoms with E-state index in [0.29, 0.717) is 25.9 Å². The molecule has 0 atom stereocenters. The third-order valence-corrected chi connectivity index (χ3v) is 6.31. The summed E-state index contributed by atoms with van der Waals surface area (Å²) in [6.45, 7) is 2.45. The smallest absolute Gasteiger partial charge is 0.253 e. The van der Waals surface area contributed by atoms with Crippen molar-refractivity contribution in [1.82, 2.24) is 9.21 Å². The number of amides is 1. The van der Waals surface area contributed by atoms with E-state index < -0.39 is 15.8 Å². The summed E-state index contributed by atoms with van der Waals surface area (Å²) in [6.07, 6.45) is 1.10. The van der Waals surface area contributed by atoms with E-state index in [-0.39, 0.29) is 28.8 Å². The number of carbonyl (C=O) groups excluding carboxylic acids is 1. The molecule has 1 aliphatic heterocycles. The first-order chi connectivity index (χ1) is 11.3. The third-order valence-electron chi connectivity index (χ3n) is 4.40. The van der Waals surface area contributed by atoms with Crippen LogP contribution >= 0.6 is 0 Å². The molecule has 0 unspecified atom stereocenters. The lowest BCUT2D eigenvalue weighted by molar-refractivity contribution is 0.0686. The molecule has 0 aliphatic carbocycles. The Morgan fingerprint density at radius 3 is 2.58 bits per heavy atom. The van der Waals surface area contributed by atoms with Gasteiger partial charge in [0.15, 0.2) is 0 Å². The number of halogens is 1. The first-order valence-corrected chi connectivity index (χ1v) is 9.35. The fourth-order valence-corrected chi connectivity index (χ4v) is 3.86.